The van der Waals surface area contributed by atoms with Crippen LogP contribution in [0, 0.1) is 11.8 Å². The first-order valence-corrected chi connectivity index (χ1v) is 9.73. The molecule has 0 aromatic heterocycles. The number of hydrogen-bond acceptors (Lipinski definition) is 3. The molecule has 0 unspecified atom stereocenters. The van der Waals surface area contributed by atoms with Crippen LogP contribution >= 0.6 is 0 Å². The van der Waals surface area contributed by atoms with Crippen molar-refractivity contribution in [3.8, 4) is 0 Å². The van der Waals surface area contributed by atoms with Crippen LogP contribution in [-0.4, -0.2) is 63.8 Å². The van der Waals surface area contributed by atoms with Crippen LogP contribution < -0.4 is 5.73 Å². The van der Waals surface area contributed by atoms with Crippen molar-refractivity contribution >= 4 is 12.0 Å². The summed E-state index contributed by atoms with van der Waals surface area (Å²) in [7, 11) is 0. The Kier molecular flexibility index (Phi) is 6.53. The summed E-state index contributed by atoms with van der Waals surface area (Å²) in [6.07, 6.45) is 1.80. The molecule has 7 heteroatoms. The summed E-state index contributed by atoms with van der Waals surface area (Å²) in [5, 5.41) is 9.87. The molecular formula is C19H34FN3O3. The molecule has 0 spiro atoms. The Labute approximate surface area is 155 Å². The van der Waals surface area contributed by atoms with Gasteiger partial charge in [0.1, 0.15) is 12.2 Å². The topological polar surface area (TPSA) is 86.9 Å². The van der Waals surface area contributed by atoms with E-state index in [1.165, 1.54) is 9.80 Å². The molecule has 3 atom stereocenters. The zero-order chi connectivity index (χ0) is 19.6. The van der Waals surface area contributed by atoms with Gasteiger partial charge in [-0.2, -0.15) is 0 Å². The van der Waals surface area contributed by atoms with Crippen molar-refractivity contribution in [3.63, 3.8) is 0 Å². The van der Waals surface area contributed by atoms with Gasteiger partial charge in [0, 0.05) is 18.1 Å². The highest BCUT2D eigenvalue weighted by atomic mass is 19.1. The highest BCUT2D eigenvalue weighted by Gasteiger charge is 2.45. The molecule has 1 aliphatic heterocycles. The number of carboxylic acid groups (broad SMARTS) is 1. The number of carbonyl (C=O) groups is 2. The zero-order valence-corrected chi connectivity index (χ0v) is 16.4. The van der Waals surface area contributed by atoms with Crippen LogP contribution in [0.15, 0.2) is 0 Å². The number of carbonyl (C=O) groups excluding carboxylic acids is 1. The first-order valence-electron chi connectivity index (χ1n) is 9.73. The lowest BCUT2D eigenvalue weighted by Gasteiger charge is -2.45. The number of halogens is 1. The van der Waals surface area contributed by atoms with Crippen LogP contribution in [0.25, 0.3) is 0 Å². The molecule has 0 aromatic rings. The predicted molar refractivity (Wildman–Crippen MR) is 98.6 cm³/mol. The van der Waals surface area contributed by atoms with Crippen LogP contribution in [0.4, 0.5) is 9.18 Å². The average molecular weight is 371 g/mol. The molecule has 1 heterocycles. The van der Waals surface area contributed by atoms with Gasteiger partial charge in [0.15, 0.2) is 0 Å². The third-order valence-corrected chi connectivity index (χ3v) is 5.96. The first kappa shape index (κ1) is 20.9. The zero-order valence-electron chi connectivity index (χ0n) is 16.4. The van der Waals surface area contributed by atoms with Gasteiger partial charge in [0.05, 0.1) is 6.54 Å². The lowest BCUT2D eigenvalue weighted by Crippen LogP contribution is -2.60. The fourth-order valence-electron chi connectivity index (χ4n) is 4.43. The van der Waals surface area contributed by atoms with Crippen molar-refractivity contribution in [3.05, 3.63) is 0 Å². The minimum atomic E-state index is -1.11. The van der Waals surface area contributed by atoms with E-state index in [0.29, 0.717) is 13.0 Å². The van der Waals surface area contributed by atoms with E-state index in [-0.39, 0.29) is 30.3 Å². The second-order valence-corrected chi connectivity index (χ2v) is 8.97. The summed E-state index contributed by atoms with van der Waals surface area (Å²) >= 11 is 0. The molecule has 6 nitrogen and oxygen atoms in total. The second kappa shape index (κ2) is 8.11. The van der Waals surface area contributed by atoms with Crippen LogP contribution in [0.3, 0.4) is 0 Å². The first-order chi connectivity index (χ1) is 12.0. The molecule has 2 fully saturated rings. The van der Waals surface area contributed by atoms with Crippen molar-refractivity contribution in [1.29, 1.82) is 0 Å². The Morgan fingerprint density at radius 3 is 2.19 bits per heavy atom. The minimum Gasteiger partial charge on any atom is -0.465 e. The third kappa shape index (κ3) is 4.67. The molecule has 0 bridgehead atoms. The smallest absolute Gasteiger partial charge is 0.408 e. The Morgan fingerprint density at radius 1 is 1.19 bits per heavy atom. The van der Waals surface area contributed by atoms with E-state index >= 15 is 0 Å². The van der Waals surface area contributed by atoms with E-state index < -0.39 is 23.8 Å². The summed E-state index contributed by atoms with van der Waals surface area (Å²) in [6.45, 7) is 7.78. The summed E-state index contributed by atoms with van der Waals surface area (Å²) in [6, 6.07) is -0.603. The Hall–Kier alpha value is -1.37. The number of nitrogens with zero attached hydrogens (tertiary/aromatic N) is 2. The van der Waals surface area contributed by atoms with Gasteiger partial charge in [-0.1, -0.05) is 6.92 Å². The van der Waals surface area contributed by atoms with Crippen molar-refractivity contribution in [2.75, 3.05) is 13.1 Å². The summed E-state index contributed by atoms with van der Waals surface area (Å²) in [4.78, 5) is 28.1. The van der Waals surface area contributed by atoms with Gasteiger partial charge in [-0.3, -0.25) is 9.69 Å². The highest BCUT2D eigenvalue weighted by molar-refractivity contribution is 5.86. The molecule has 3 N–H and O–H groups in total. The molecule has 26 heavy (non-hydrogen) atoms. The Morgan fingerprint density at radius 2 is 1.77 bits per heavy atom. The van der Waals surface area contributed by atoms with Crippen molar-refractivity contribution in [2.45, 2.75) is 83.6 Å². The standard InChI is InChI=1S/C19H34FN3O3/c1-12(13-5-7-15(21)8-6-13)16(23(18(25)26)19(2,3)4)17(24)22-10-9-14(20)11-22/h12-16H,5-11,21H2,1-4H3,(H,25,26)/t12-,13?,14-,15?,16-/m0/s1. The van der Waals surface area contributed by atoms with E-state index in [4.69, 9.17) is 5.73 Å². The van der Waals surface area contributed by atoms with Gasteiger partial charge in [-0.05, 0) is 64.7 Å². The SMILES string of the molecule is C[C@@H](C1CCC(N)CC1)[C@@H](C(=O)N1CC[C@H](F)C1)N(C(=O)O)C(C)(C)C. The number of rotatable bonds is 4. The fraction of sp³-hybridized carbons (Fsp3) is 0.895. The van der Waals surface area contributed by atoms with Crippen LogP contribution in [0.2, 0.25) is 0 Å². The normalized spacial score (nSPS) is 29.3. The van der Waals surface area contributed by atoms with Crippen molar-refractivity contribution in [1.82, 2.24) is 9.80 Å². The predicted octanol–water partition coefficient (Wildman–Crippen LogP) is 2.86. The second-order valence-electron chi connectivity index (χ2n) is 8.97. The Balaban J connectivity index is 2.30. The van der Waals surface area contributed by atoms with Gasteiger partial charge < -0.3 is 15.7 Å². The van der Waals surface area contributed by atoms with Crippen LogP contribution in [0.1, 0.15) is 59.8 Å². The largest absolute Gasteiger partial charge is 0.465 e. The average Bonchev–Trinajstić information content (AvgIpc) is 2.97. The minimum absolute atomic E-state index is 0.0647. The fourth-order valence-corrected chi connectivity index (χ4v) is 4.43. The lowest BCUT2D eigenvalue weighted by molar-refractivity contribution is -0.140. The third-order valence-electron chi connectivity index (χ3n) is 5.96. The number of likely N-dealkylation sites (tertiary alicyclic amines) is 1. The summed E-state index contributed by atoms with van der Waals surface area (Å²) in [5.41, 5.74) is 5.28. The van der Waals surface area contributed by atoms with Crippen molar-refractivity contribution < 1.29 is 19.1 Å². The van der Waals surface area contributed by atoms with E-state index in [1.54, 1.807) is 20.8 Å². The molecular weight excluding hydrogens is 337 g/mol. The Bertz CT molecular complexity index is 515. The summed E-state index contributed by atoms with van der Waals surface area (Å²) < 4.78 is 13.7. The van der Waals surface area contributed by atoms with E-state index in [0.717, 1.165) is 25.7 Å². The summed E-state index contributed by atoms with van der Waals surface area (Å²) in [5.74, 6) is -0.148. The molecule has 1 aliphatic carbocycles. The molecule has 1 saturated carbocycles. The number of amides is 2. The molecule has 1 saturated heterocycles. The molecule has 2 aliphatic rings. The number of alkyl halides is 1. The van der Waals surface area contributed by atoms with Gasteiger partial charge in [-0.15, -0.1) is 0 Å². The van der Waals surface area contributed by atoms with E-state index in [1.807, 2.05) is 6.92 Å². The molecule has 0 radical (unpaired) electrons. The highest BCUT2D eigenvalue weighted by Crippen LogP contribution is 2.36. The van der Waals surface area contributed by atoms with E-state index in [2.05, 4.69) is 0 Å². The molecule has 2 rings (SSSR count). The number of nitrogens with two attached hydrogens (primary N) is 1. The van der Waals surface area contributed by atoms with Crippen LogP contribution in [0.5, 0.6) is 0 Å². The maximum atomic E-state index is 13.7. The lowest BCUT2D eigenvalue weighted by atomic mass is 9.75. The molecule has 2 amide bonds. The van der Waals surface area contributed by atoms with Gasteiger partial charge in [0.25, 0.3) is 0 Å². The molecule has 0 aromatic carbocycles. The van der Waals surface area contributed by atoms with Crippen LogP contribution in [-0.2, 0) is 4.79 Å². The van der Waals surface area contributed by atoms with Gasteiger partial charge >= 0.3 is 6.09 Å². The number of hydrogen-bond donors (Lipinski definition) is 2. The maximum Gasteiger partial charge on any atom is 0.408 e. The molecule has 150 valence electrons. The quantitative estimate of drug-likeness (QED) is 0.795. The van der Waals surface area contributed by atoms with Gasteiger partial charge in [0.2, 0.25) is 5.91 Å². The van der Waals surface area contributed by atoms with Crippen molar-refractivity contribution in [2.24, 2.45) is 17.6 Å². The maximum absolute atomic E-state index is 13.7. The van der Waals surface area contributed by atoms with Gasteiger partial charge in [-0.25, -0.2) is 9.18 Å². The monoisotopic (exact) mass is 371 g/mol. The van der Waals surface area contributed by atoms with E-state index in [9.17, 15) is 19.1 Å².